The van der Waals surface area contributed by atoms with Gasteiger partial charge in [0.05, 0.1) is 0 Å². The number of nitrogens with zero attached hydrogens (tertiary/aromatic N) is 1. The third kappa shape index (κ3) is 3.47. The second kappa shape index (κ2) is 2.69. The normalized spacial score (nSPS) is 8.17. The molecule has 0 aromatic rings. The van der Waals surface area contributed by atoms with E-state index in [1.807, 2.05) is 6.92 Å². The first kappa shape index (κ1) is 5.47. The Balaban J connectivity index is 2.83. The summed E-state index contributed by atoms with van der Waals surface area (Å²) in [4.78, 5) is 0. The lowest BCUT2D eigenvalue weighted by atomic mass is 10.5. The standard InChI is InChI=1S/C4H9NO/c1-3-4-5(2)6/h2-4H2,1H3. The second-order valence-electron chi connectivity index (χ2n) is 1.21. The zero-order chi connectivity index (χ0) is 4.99. The van der Waals surface area contributed by atoms with Crippen LogP contribution in [0.1, 0.15) is 13.3 Å². The number of hydrogen-bond acceptors (Lipinski definition) is 1. The van der Waals surface area contributed by atoms with Gasteiger partial charge < -0.3 is 5.21 Å². The van der Waals surface area contributed by atoms with Crippen LogP contribution in [0.3, 0.4) is 0 Å². The van der Waals surface area contributed by atoms with Crippen LogP contribution < -0.4 is 0 Å². The summed E-state index contributed by atoms with van der Waals surface area (Å²) in [5, 5.41) is 9.85. The van der Waals surface area contributed by atoms with Crippen molar-refractivity contribution in [3.05, 3.63) is 5.21 Å². The van der Waals surface area contributed by atoms with Crippen molar-refractivity contribution >= 4 is 6.72 Å². The van der Waals surface area contributed by atoms with Crippen LogP contribution in [-0.4, -0.2) is 18.0 Å². The molecule has 0 bridgehead atoms. The molecule has 36 valence electrons. The van der Waals surface area contributed by atoms with Gasteiger partial charge >= 0.3 is 0 Å². The highest BCUT2D eigenvalue weighted by molar-refractivity contribution is 5.14. The minimum absolute atomic E-state index is 0.542. The van der Waals surface area contributed by atoms with Crippen molar-refractivity contribution in [3.63, 3.8) is 0 Å². The summed E-state index contributed by atoms with van der Waals surface area (Å²) in [5.41, 5.74) is 0. The molecule has 0 aromatic carbocycles. The largest absolute Gasteiger partial charge is 0.624 e. The number of rotatable bonds is 2. The van der Waals surface area contributed by atoms with Gasteiger partial charge in [-0.2, -0.15) is 0 Å². The molecule has 2 heteroatoms. The average molecular weight is 87.1 g/mol. The van der Waals surface area contributed by atoms with E-state index >= 15 is 0 Å². The monoisotopic (exact) mass is 87.1 g/mol. The zero-order valence-corrected chi connectivity index (χ0v) is 3.98. The Morgan fingerprint density at radius 2 is 2.33 bits per heavy atom. The molecule has 0 saturated carbocycles. The Kier molecular flexibility index (Phi) is 2.46. The SMILES string of the molecule is C=[N+]([O-])CCC. The number of hydroxylamine groups is 1. The van der Waals surface area contributed by atoms with Gasteiger partial charge in [-0.05, 0) is 0 Å². The van der Waals surface area contributed by atoms with Crippen LogP contribution in [0, 0.1) is 5.21 Å². The summed E-state index contributed by atoms with van der Waals surface area (Å²) in [7, 11) is 0. The quantitative estimate of drug-likeness (QED) is 0.210. The highest BCUT2D eigenvalue weighted by Gasteiger charge is 1.77. The lowest BCUT2D eigenvalue weighted by molar-refractivity contribution is -0.448. The molecule has 6 heavy (non-hydrogen) atoms. The predicted molar refractivity (Wildman–Crippen MR) is 25.9 cm³/mol. The maximum Gasteiger partial charge on any atom is 0.152 e. The van der Waals surface area contributed by atoms with Crippen LogP contribution in [0.15, 0.2) is 0 Å². The molecule has 0 saturated heterocycles. The first-order valence-corrected chi connectivity index (χ1v) is 2.02. The highest BCUT2D eigenvalue weighted by Crippen LogP contribution is 1.71. The molecule has 0 heterocycles. The third-order valence-electron chi connectivity index (χ3n) is 0.473. The van der Waals surface area contributed by atoms with Crippen LogP contribution in [-0.2, 0) is 0 Å². The summed E-state index contributed by atoms with van der Waals surface area (Å²) in [6.07, 6.45) is 0.882. The predicted octanol–water partition coefficient (Wildman–Crippen LogP) is 0.607. The van der Waals surface area contributed by atoms with Crippen molar-refractivity contribution in [1.29, 1.82) is 0 Å². The maximum absolute atomic E-state index is 9.85. The van der Waals surface area contributed by atoms with Crippen LogP contribution in [0.5, 0.6) is 0 Å². The molecule has 0 unspecified atom stereocenters. The van der Waals surface area contributed by atoms with Crippen molar-refractivity contribution < 1.29 is 4.74 Å². The molecular weight excluding hydrogens is 78.0 g/mol. The van der Waals surface area contributed by atoms with E-state index in [1.54, 1.807) is 0 Å². The fourth-order valence-corrected chi connectivity index (χ4v) is 0.249. The van der Waals surface area contributed by atoms with Gasteiger partial charge in [0.2, 0.25) is 0 Å². The zero-order valence-electron chi connectivity index (χ0n) is 3.98. The highest BCUT2D eigenvalue weighted by atomic mass is 16.5. The molecule has 0 rings (SSSR count). The summed E-state index contributed by atoms with van der Waals surface area (Å²) in [5.74, 6) is 0. The molecule has 0 aliphatic heterocycles. The van der Waals surface area contributed by atoms with Crippen molar-refractivity contribution in [2.24, 2.45) is 0 Å². The lowest BCUT2D eigenvalue weighted by Gasteiger charge is -1.94. The van der Waals surface area contributed by atoms with Gasteiger partial charge in [0.25, 0.3) is 0 Å². The molecule has 0 aliphatic carbocycles. The first-order valence-electron chi connectivity index (χ1n) is 2.02. The molecule has 0 atom stereocenters. The van der Waals surface area contributed by atoms with Gasteiger partial charge in [0.15, 0.2) is 6.54 Å². The van der Waals surface area contributed by atoms with E-state index < -0.39 is 0 Å². The molecule has 0 spiro atoms. The van der Waals surface area contributed by atoms with Crippen LogP contribution >= 0.6 is 0 Å². The summed E-state index contributed by atoms with van der Waals surface area (Å²) >= 11 is 0. The molecule has 2 nitrogen and oxygen atoms in total. The van der Waals surface area contributed by atoms with Gasteiger partial charge in [-0.25, -0.2) is 4.74 Å². The minimum Gasteiger partial charge on any atom is -0.624 e. The van der Waals surface area contributed by atoms with E-state index in [-0.39, 0.29) is 0 Å². The van der Waals surface area contributed by atoms with E-state index in [2.05, 4.69) is 6.72 Å². The van der Waals surface area contributed by atoms with Gasteiger partial charge in [0.1, 0.15) is 6.72 Å². The second-order valence-corrected chi connectivity index (χ2v) is 1.21. The Morgan fingerprint density at radius 1 is 1.83 bits per heavy atom. The Bertz CT molecular complexity index is 51.5. The fourth-order valence-electron chi connectivity index (χ4n) is 0.249. The molecule has 0 amide bonds. The number of hydrogen-bond donors (Lipinski definition) is 0. The van der Waals surface area contributed by atoms with E-state index in [1.165, 1.54) is 0 Å². The summed E-state index contributed by atoms with van der Waals surface area (Å²) in [6.45, 7) is 5.59. The van der Waals surface area contributed by atoms with E-state index in [9.17, 15) is 5.21 Å². The molecular formula is C4H9NO. The van der Waals surface area contributed by atoms with Crippen molar-refractivity contribution in [2.45, 2.75) is 13.3 Å². The topological polar surface area (TPSA) is 26.1 Å². The third-order valence-corrected chi connectivity index (χ3v) is 0.473. The summed E-state index contributed by atoms with van der Waals surface area (Å²) in [6, 6.07) is 0. The van der Waals surface area contributed by atoms with Crippen molar-refractivity contribution in [1.82, 2.24) is 0 Å². The molecule has 0 aromatic heterocycles. The molecule has 0 radical (unpaired) electrons. The van der Waals surface area contributed by atoms with Gasteiger partial charge in [0, 0.05) is 6.42 Å². The Morgan fingerprint density at radius 3 is 2.33 bits per heavy atom. The Labute approximate surface area is 37.7 Å². The Hall–Kier alpha value is -0.530. The molecule has 0 fully saturated rings. The van der Waals surface area contributed by atoms with Crippen molar-refractivity contribution in [2.75, 3.05) is 6.54 Å². The van der Waals surface area contributed by atoms with E-state index in [0.29, 0.717) is 11.3 Å². The van der Waals surface area contributed by atoms with Crippen LogP contribution in [0.4, 0.5) is 0 Å². The average Bonchev–Trinajstić information content (AvgIpc) is 1.35. The van der Waals surface area contributed by atoms with Gasteiger partial charge in [-0.15, -0.1) is 0 Å². The lowest BCUT2D eigenvalue weighted by Crippen LogP contribution is -1.98. The smallest absolute Gasteiger partial charge is 0.152 e. The fraction of sp³-hybridized carbons (Fsp3) is 0.750. The van der Waals surface area contributed by atoms with E-state index in [0.717, 1.165) is 6.42 Å². The van der Waals surface area contributed by atoms with Crippen LogP contribution in [0.2, 0.25) is 0 Å². The van der Waals surface area contributed by atoms with Gasteiger partial charge in [-0.1, -0.05) is 6.92 Å². The maximum atomic E-state index is 9.85. The summed E-state index contributed by atoms with van der Waals surface area (Å²) < 4.78 is 0.681. The van der Waals surface area contributed by atoms with Gasteiger partial charge in [-0.3, -0.25) is 0 Å². The van der Waals surface area contributed by atoms with Crippen LogP contribution in [0.25, 0.3) is 0 Å². The minimum atomic E-state index is 0.542. The van der Waals surface area contributed by atoms with Crippen molar-refractivity contribution in [3.8, 4) is 0 Å². The molecule has 0 aliphatic rings. The van der Waals surface area contributed by atoms with E-state index in [4.69, 9.17) is 0 Å². The molecule has 0 N–H and O–H groups in total. The first-order chi connectivity index (χ1) is 2.77.